The van der Waals surface area contributed by atoms with Crippen molar-refractivity contribution in [2.75, 3.05) is 0 Å². The molecular weight excluding hydrogens is 168 g/mol. The van der Waals surface area contributed by atoms with Gasteiger partial charge in [-0.05, 0) is 42.4 Å². The highest BCUT2D eigenvalue weighted by atomic mass is 14.2. The maximum absolute atomic E-state index is 2.43. The molecule has 0 N–H and O–H groups in total. The Hall–Kier alpha value is -1.04. The lowest BCUT2D eigenvalue weighted by molar-refractivity contribution is 0.816. The molecule has 0 saturated heterocycles. The summed E-state index contributed by atoms with van der Waals surface area (Å²) in [5.41, 5.74) is 4.63. The monoisotopic (exact) mass is 186 g/mol. The van der Waals surface area contributed by atoms with E-state index in [-0.39, 0.29) is 0 Å². The van der Waals surface area contributed by atoms with Crippen LogP contribution in [0.25, 0.3) is 5.57 Å². The Morgan fingerprint density at radius 3 is 2.93 bits per heavy atom. The third kappa shape index (κ3) is 1.89. The minimum atomic E-state index is 1.23. The number of unbranched alkanes of at least 4 members (excludes halogenated alkanes) is 1. The first-order valence-electron chi connectivity index (χ1n) is 5.69. The Morgan fingerprint density at radius 1 is 1.21 bits per heavy atom. The van der Waals surface area contributed by atoms with Crippen LogP contribution in [0, 0.1) is 0 Å². The standard InChI is InChI=1S/C14H18/c1-2-3-7-12-9-6-10-13-8-4-5-11-14(12)13/h4-5,7-8,11H,2-3,6,9-10H2,1H3. The smallest absolute Gasteiger partial charge is 0.0196 e. The molecule has 0 bridgehead atoms. The van der Waals surface area contributed by atoms with E-state index in [4.69, 9.17) is 0 Å². The van der Waals surface area contributed by atoms with E-state index >= 15 is 0 Å². The second-order valence-corrected chi connectivity index (χ2v) is 4.03. The molecule has 1 aliphatic carbocycles. The molecule has 74 valence electrons. The lowest BCUT2D eigenvalue weighted by Gasteiger charge is -2.18. The van der Waals surface area contributed by atoms with E-state index in [1.165, 1.54) is 37.7 Å². The molecule has 0 heteroatoms. The molecule has 0 saturated carbocycles. The van der Waals surface area contributed by atoms with Gasteiger partial charge in [0.1, 0.15) is 0 Å². The summed E-state index contributed by atoms with van der Waals surface area (Å²) in [6.45, 7) is 2.24. The SMILES string of the molecule is CCCC=C1CCCc2ccccc21. The van der Waals surface area contributed by atoms with Crippen LogP contribution in [0.3, 0.4) is 0 Å². The van der Waals surface area contributed by atoms with Gasteiger partial charge in [-0.25, -0.2) is 0 Å². The molecule has 0 aromatic heterocycles. The minimum Gasteiger partial charge on any atom is -0.0807 e. The lowest BCUT2D eigenvalue weighted by atomic mass is 9.87. The highest BCUT2D eigenvalue weighted by Crippen LogP contribution is 2.30. The molecule has 0 nitrogen and oxygen atoms in total. The summed E-state index contributed by atoms with van der Waals surface area (Å²) >= 11 is 0. The molecule has 14 heavy (non-hydrogen) atoms. The molecule has 0 spiro atoms. The van der Waals surface area contributed by atoms with Crippen molar-refractivity contribution >= 4 is 5.57 Å². The van der Waals surface area contributed by atoms with E-state index in [0.717, 1.165) is 0 Å². The van der Waals surface area contributed by atoms with Crippen molar-refractivity contribution in [1.29, 1.82) is 0 Å². The van der Waals surface area contributed by atoms with Gasteiger partial charge in [-0.3, -0.25) is 0 Å². The number of rotatable bonds is 2. The molecule has 0 fully saturated rings. The quantitative estimate of drug-likeness (QED) is 0.649. The van der Waals surface area contributed by atoms with E-state index < -0.39 is 0 Å². The van der Waals surface area contributed by atoms with Crippen molar-refractivity contribution in [3.63, 3.8) is 0 Å². The zero-order valence-corrected chi connectivity index (χ0v) is 8.92. The van der Waals surface area contributed by atoms with Gasteiger partial charge in [0, 0.05) is 0 Å². The average molecular weight is 186 g/mol. The summed E-state index contributed by atoms with van der Waals surface area (Å²) in [5.74, 6) is 0. The Balaban J connectivity index is 2.31. The van der Waals surface area contributed by atoms with E-state index in [1.807, 2.05) is 0 Å². The van der Waals surface area contributed by atoms with Crippen LogP contribution in [0.5, 0.6) is 0 Å². The number of fused-ring (bicyclic) bond motifs is 1. The number of aryl methyl sites for hydroxylation is 1. The fourth-order valence-electron chi connectivity index (χ4n) is 2.19. The fourth-order valence-corrected chi connectivity index (χ4v) is 2.19. The van der Waals surface area contributed by atoms with Crippen molar-refractivity contribution in [2.24, 2.45) is 0 Å². The van der Waals surface area contributed by atoms with E-state index in [2.05, 4.69) is 37.3 Å². The van der Waals surface area contributed by atoms with Crippen LogP contribution in [0.1, 0.15) is 43.7 Å². The summed E-state index contributed by atoms with van der Waals surface area (Å²) < 4.78 is 0. The maximum atomic E-state index is 2.43. The van der Waals surface area contributed by atoms with Gasteiger partial charge in [-0.1, -0.05) is 43.7 Å². The summed E-state index contributed by atoms with van der Waals surface area (Å²) in [4.78, 5) is 0. The molecule has 1 aromatic rings. The largest absolute Gasteiger partial charge is 0.0807 e. The van der Waals surface area contributed by atoms with Gasteiger partial charge < -0.3 is 0 Å². The predicted molar refractivity (Wildman–Crippen MR) is 62.3 cm³/mol. The normalized spacial score (nSPS) is 18.2. The number of allylic oxidation sites excluding steroid dienone is 2. The topological polar surface area (TPSA) is 0 Å². The summed E-state index contributed by atoms with van der Waals surface area (Å²) in [7, 11) is 0. The van der Waals surface area contributed by atoms with Crippen molar-refractivity contribution < 1.29 is 0 Å². The third-order valence-corrected chi connectivity index (χ3v) is 2.93. The highest BCUT2D eigenvalue weighted by Gasteiger charge is 2.11. The van der Waals surface area contributed by atoms with E-state index in [0.29, 0.717) is 0 Å². The second kappa shape index (κ2) is 4.45. The Kier molecular flexibility index (Phi) is 3.03. The molecular formula is C14H18. The van der Waals surface area contributed by atoms with Crippen LogP contribution in [0.15, 0.2) is 30.3 Å². The summed E-state index contributed by atoms with van der Waals surface area (Å²) in [5, 5.41) is 0. The molecule has 0 atom stereocenters. The second-order valence-electron chi connectivity index (χ2n) is 4.03. The number of hydrogen-bond donors (Lipinski definition) is 0. The van der Waals surface area contributed by atoms with Gasteiger partial charge in [0.2, 0.25) is 0 Å². The lowest BCUT2D eigenvalue weighted by Crippen LogP contribution is -2.01. The molecule has 0 unspecified atom stereocenters. The first kappa shape index (κ1) is 9.51. The van der Waals surface area contributed by atoms with Crippen molar-refractivity contribution in [3.05, 3.63) is 41.5 Å². The third-order valence-electron chi connectivity index (χ3n) is 2.93. The molecule has 0 amide bonds. The number of benzene rings is 1. The fraction of sp³-hybridized carbons (Fsp3) is 0.429. The average Bonchev–Trinajstić information content (AvgIpc) is 2.26. The first-order chi connectivity index (χ1) is 6.92. The summed E-state index contributed by atoms with van der Waals surface area (Å²) in [6, 6.07) is 8.86. The van der Waals surface area contributed by atoms with E-state index in [1.54, 1.807) is 11.1 Å². The Bertz CT molecular complexity index is 334. The van der Waals surface area contributed by atoms with Crippen molar-refractivity contribution in [3.8, 4) is 0 Å². The van der Waals surface area contributed by atoms with E-state index in [9.17, 15) is 0 Å². The Labute approximate surface area is 86.7 Å². The van der Waals surface area contributed by atoms with Crippen LogP contribution < -0.4 is 0 Å². The van der Waals surface area contributed by atoms with Crippen molar-refractivity contribution in [2.45, 2.75) is 39.0 Å². The minimum absolute atomic E-state index is 1.23. The van der Waals surface area contributed by atoms with Crippen molar-refractivity contribution in [1.82, 2.24) is 0 Å². The van der Waals surface area contributed by atoms with Crippen LogP contribution in [-0.2, 0) is 6.42 Å². The van der Waals surface area contributed by atoms with Gasteiger partial charge in [-0.15, -0.1) is 0 Å². The first-order valence-corrected chi connectivity index (χ1v) is 5.69. The predicted octanol–water partition coefficient (Wildman–Crippen LogP) is 4.21. The van der Waals surface area contributed by atoms with Gasteiger partial charge in [-0.2, -0.15) is 0 Å². The molecule has 0 radical (unpaired) electrons. The molecule has 0 heterocycles. The van der Waals surface area contributed by atoms with Crippen LogP contribution >= 0.6 is 0 Å². The molecule has 2 rings (SSSR count). The molecule has 1 aliphatic rings. The van der Waals surface area contributed by atoms with Crippen LogP contribution in [0.2, 0.25) is 0 Å². The summed E-state index contributed by atoms with van der Waals surface area (Å²) in [6.07, 6.45) is 8.77. The zero-order chi connectivity index (χ0) is 9.80. The zero-order valence-electron chi connectivity index (χ0n) is 8.92. The van der Waals surface area contributed by atoms with Gasteiger partial charge in [0.15, 0.2) is 0 Å². The maximum Gasteiger partial charge on any atom is -0.0196 e. The van der Waals surface area contributed by atoms with Crippen LogP contribution in [0.4, 0.5) is 0 Å². The highest BCUT2D eigenvalue weighted by molar-refractivity contribution is 5.69. The van der Waals surface area contributed by atoms with Crippen LogP contribution in [-0.4, -0.2) is 0 Å². The molecule has 1 aromatic carbocycles. The Morgan fingerprint density at radius 2 is 2.07 bits per heavy atom. The molecule has 0 aliphatic heterocycles. The van der Waals surface area contributed by atoms with Gasteiger partial charge in [0.25, 0.3) is 0 Å². The van der Waals surface area contributed by atoms with Gasteiger partial charge in [0.05, 0.1) is 0 Å². The number of hydrogen-bond acceptors (Lipinski definition) is 0. The van der Waals surface area contributed by atoms with Gasteiger partial charge >= 0.3 is 0 Å².